The van der Waals surface area contributed by atoms with Crippen molar-refractivity contribution in [3.63, 3.8) is 0 Å². The summed E-state index contributed by atoms with van der Waals surface area (Å²) in [4.78, 5) is 25.3. The van der Waals surface area contributed by atoms with Gasteiger partial charge in [-0.2, -0.15) is 13.2 Å². The van der Waals surface area contributed by atoms with Gasteiger partial charge in [-0.05, 0) is 63.8 Å². The van der Waals surface area contributed by atoms with Crippen LogP contribution in [0, 0.1) is 5.82 Å². The summed E-state index contributed by atoms with van der Waals surface area (Å²) in [6.45, 7) is 4.15. The van der Waals surface area contributed by atoms with Gasteiger partial charge in [-0.15, -0.1) is 0 Å². The fraction of sp³-hybridized carbons (Fsp3) is 0.520. The second-order valence-corrected chi connectivity index (χ2v) is 9.43. The number of piperidine rings is 1. The van der Waals surface area contributed by atoms with Crippen molar-refractivity contribution in [2.45, 2.75) is 31.6 Å². The Balaban J connectivity index is 1.33. The van der Waals surface area contributed by atoms with Crippen LogP contribution in [-0.2, 0) is 12.7 Å². The van der Waals surface area contributed by atoms with E-state index in [2.05, 4.69) is 28.9 Å². The maximum atomic E-state index is 14.2. The van der Waals surface area contributed by atoms with Gasteiger partial charge in [0.1, 0.15) is 11.6 Å². The fourth-order valence-corrected chi connectivity index (χ4v) is 4.82. The molecule has 3 heterocycles. The number of anilines is 1. The maximum absolute atomic E-state index is 14.2. The number of rotatable bonds is 5. The SMILES string of the molecule is CN(C)C1CCN(Cc2ccc(N3CCN(C(=O)c4c(F)cccc4C(F)(F)F)CC3)nc2)CC1. The van der Waals surface area contributed by atoms with E-state index in [0.29, 0.717) is 19.1 Å². The number of benzene rings is 1. The van der Waals surface area contributed by atoms with Crippen LogP contribution in [-0.4, -0.2) is 85.0 Å². The normalized spacial score (nSPS) is 18.4. The largest absolute Gasteiger partial charge is 0.417 e. The molecule has 0 radical (unpaired) electrons. The van der Waals surface area contributed by atoms with E-state index in [1.165, 1.54) is 4.90 Å². The Morgan fingerprint density at radius 3 is 2.29 bits per heavy atom. The molecule has 2 aromatic rings. The Hall–Kier alpha value is -2.72. The second kappa shape index (κ2) is 10.5. The molecule has 2 saturated heterocycles. The summed E-state index contributed by atoms with van der Waals surface area (Å²) in [6.07, 6.45) is -0.638. The number of halogens is 4. The molecule has 10 heteroatoms. The number of amides is 1. The van der Waals surface area contributed by atoms with Crippen LogP contribution in [0.5, 0.6) is 0 Å². The lowest BCUT2D eigenvalue weighted by Gasteiger charge is -2.36. The zero-order valence-corrected chi connectivity index (χ0v) is 20.1. The lowest BCUT2D eigenvalue weighted by atomic mass is 10.0. The molecular weight excluding hydrogens is 462 g/mol. The lowest BCUT2D eigenvalue weighted by Crippen LogP contribution is -2.49. The van der Waals surface area contributed by atoms with Crippen molar-refractivity contribution in [3.8, 4) is 0 Å². The van der Waals surface area contributed by atoms with Crippen LogP contribution >= 0.6 is 0 Å². The Labute approximate surface area is 203 Å². The van der Waals surface area contributed by atoms with Crippen molar-refractivity contribution >= 4 is 11.7 Å². The van der Waals surface area contributed by atoms with Gasteiger partial charge in [0.05, 0.1) is 11.1 Å². The summed E-state index contributed by atoms with van der Waals surface area (Å²) in [5, 5.41) is 0. The first-order valence-electron chi connectivity index (χ1n) is 11.9. The van der Waals surface area contributed by atoms with Crippen molar-refractivity contribution in [1.82, 2.24) is 19.7 Å². The third kappa shape index (κ3) is 5.92. The minimum Gasteiger partial charge on any atom is -0.353 e. The van der Waals surface area contributed by atoms with E-state index in [1.54, 1.807) is 0 Å². The van der Waals surface area contributed by atoms with Gasteiger partial charge < -0.3 is 14.7 Å². The van der Waals surface area contributed by atoms with E-state index >= 15 is 0 Å². The van der Waals surface area contributed by atoms with Gasteiger partial charge in [-0.1, -0.05) is 12.1 Å². The number of carbonyl (C=O) groups excluding carboxylic acids is 1. The molecule has 35 heavy (non-hydrogen) atoms. The predicted octanol–water partition coefficient (Wildman–Crippen LogP) is 3.73. The monoisotopic (exact) mass is 493 g/mol. The van der Waals surface area contributed by atoms with Crippen molar-refractivity contribution in [3.05, 3.63) is 59.0 Å². The standard InChI is InChI=1S/C25H31F4N5O/c1-31(2)19-8-10-32(11-9-19)17-18-6-7-22(30-16-18)33-12-14-34(15-13-33)24(35)23-20(25(27,28)29)4-3-5-21(23)26/h3-7,16,19H,8-15,17H2,1-2H3. The van der Waals surface area contributed by atoms with Crippen molar-refractivity contribution in [2.75, 3.05) is 58.3 Å². The zero-order chi connectivity index (χ0) is 25.2. The van der Waals surface area contributed by atoms with Crippen LogP contribution in [0.15, 0.2) is 36.5 Å². The highest BCUT2D eigenvalue weighted by Crippen LogP contribution is 2.34. The summed E-state index contributed by atoms with van der Waals surface area (Å²) in [5.41, 5.74) is -1.02. The highest BCUT2D eigenvalue weighted by Gasteiger charge is 2.38. The Morgan fingerprint density at radius 1 is 1.03 bits per heavy atom. The van der Waals surface area contributed by atoms with Gasteiger partial charge >= 0.3 is 6.18 Å². The molecule has 0 aliphatic carbocycles. The number of aromatic nitrogens is 1. The third-order valence-corrected chi connectivity index (χ3v) is 6.93. The van der Waals surface area contributed by atoms with Gasteiger partial charge in [-0.3, -0.25) is 9.69 Å². The summed E-state index contributed by atoms with van der Waals surface area (Å²) in [6, 6.07) is 7.21. The van der Waals surface area contributed by atoms with Gasteiger partial charge in [0.15, 0.2) is 0 Å². The number of alkyl halides is 3. The smallest absolute Gasteiger partial charge is 0.353 e. The van der Waals surface area contributed by atoms with Crippen LogP contribution in [0.2, 0.25) is 0 Å². The molecule has 6 nitrogen and oxygen atoms in total. The molecule has 2 aliphatic heterocycles. The summed E-state index contributed by atoms with van der Waals surface area (Å²) in [5.74, 6) is -1.33. The van der Waals surface area contributed by atoms with Crippen LogP contribution in [0.1, 0.15) is 34.3 Å². The molecule has 0 unspecified atom stereocenters. The molecule has 0 bridgehead atoms. The number of nitrogens with zero attached hydrogens (tertiary/aromatic N) is 5. The Kier molecular flexibility index (Phi) is 7.61. The van der Waals surface area contributed by atoms with E-state index in [9.17, 15) is 22.4 Å². The molecule has 1 amide bonds. The minimum absolute atomic E-state index is 0.189. The molecule has 0 atom stereocenters. The molecular formula is C25H31F4N5O. The first-order chi connectivity index (χ1) is 16.6. The number of piperazine rings is 1. The van der Waals surface area contributed by atoms with Gasteiger partial charge in [0.2, 0.25) is 0 Å². The molecule has 0 spiro atoms. The van der Waals surface area contributed by atoms with Crippen LogP contribution in [0.3, 0.4) is 0 Å². The fourth-order valence-electron chi connectivity index (χ4n) is 4.82. The third-order valence-electron chi connectivity index (χ3n) is 6.93. The van der Waals surface area contributed by atoms with Crippen LogP contribution < -0.4 is 4.90 Å². The summed E-state index contributed by atoms with van der Waals surface area (Å²) in [7, 11) is 4.25. The van der Waals surface area contributed by atoms with E-state index in [0.717, 1.165) is 62.1 Å². The highest BCUT2D eigenvalue weighted by atomic mass is 19.4. The average Bonchev–Trinajstić information content (AvgIpc) is 2.84. The lowest BCUT2D eigenvalue weighted by molar-refractivity contribution is -0.138. The van der Waals surface area contributed by atoms with E-state index in [4.69, 9.17) is 0 Å². The number of pyridine rings is 1. The van der Waals surface area contributed by atoms with E-state index < -0.39 is 29.0 Å². The Morgan fingerprint density at radius 2 is 1.71 bits per heavy atom. The number of carbonyl (C=O) groups is 1. The van der Waals surface area contributed by atoms with Gasteiger partial charge in [0, 0.05) is 45.0 Å². The van der Waals surface area contributed by atoms with Crippen molar-refractivity contribution in [2.24, 2.45) is 0 Å². The van der Waals surface area contributed by atoms with Gasteiger partial charge in [0.25, 0.3) is 5.91 Å². The molecule has 1 aromatic heterocycles. The van der Waals surface area contributed by atoms with Crippen molar-refractivity contribution in [1.29, 1.82) is 0 Å². The molecule has 190 valence electrons. The minimum atomic E-state index is -4.80. The quantitative estimate of drug-likeness (QED) is 0.594. The number of hydrogen-bond acceptors (Lipinski definition) is 5. The highest BCUT2D eigenvalue weighted by molar-refractivity contribution is 5.96. The van der Waals surface area contributed by atoms with Crippen LogP contribution in [0.25, 0.3) is 0 Å². The van der Waals surface area contributed by atoms with E-state index in [1.807, 2.05) is 23.2 Å². The average molecular weight is 494 g/mol. The second-order valence-electron chi connectivity index (χ2n) is 9.43. The molecule has 2 aliphatic rings. The predicted molar refractivity (Wildman–Crippen MR) is 126 cm³/mol. The number of hydrogen-bond donors (Lipinski definition) is 0. The molecule has 0 N–H and O–H groups in total. The molecule has 2 fully saturated rings. The molecule has 1 aromatic carbocycles. The van der Waals surface area contributed by atoms with Crippen LogP contribution in [0.4, 0.5) is 23.4 Å². The molecule has 4 rings (SSSR count). The topological polar surface area (TPSA) is 42.9 Å². The summed E-state index contributed by atoms with van der Waals surface area (Å²) >= 11 is 0. The zero-order valence-electron chi connectivity index (χ0n) is 20.1. The van der Waals surface area contributed by atoms with Gasteiger partial charge in [-0.25, -0.2) is 9.37 Å². The van der Waals surface area contributed by atoms with Crippen molar-refractivity contribution < 1.29 is 22.4 Å². The summed E-state index contributed by atoms with van der Waals surface area (Å²) < 4.78 is 54.1. The number of likely N-dealkylation sites (tertiary alicyclic amines) is 1. The molecule has 0 saturated carbocycles. The maximum Gasteiger partial charge on any atom is 0.417 e. The van der Waals surface area contributed by atoms with E-state index in [-0.39, 0.29) is 13.1 Å². The Bertz CT molecular complexity index is 1010. The first-order valence-corrected chi connectivity index (χ1v) is 11.9. The first kappa shape index (κ1) is 25.4.